The van der Waals surface area contributed by atoms with E-state index in [0.717, 1.165) is 13.1 Å². The number of aliphatic hydroxyl groups is 1. The molecule has 0 unspecified atom stereocenters. The summed E-state index contributed by atoms with van der Waals surface area (Å²) < 4.78 is 21.1. The van der Waals surface area contributed by atoms with Crippen molar-refractivity contribution in [3.05, 3.63) is 64.7 Å². The molecule has 2 N–H and O–H groups in total. The Labute approximate surface area is 171 Å². The second-order valence-corrected chi connectivity index (χ2v) is 8.02. The monoisotopic (exact) mass is 416 g/mol. The molecule has 4 rings (SSSR count). The van der Waals surface area contributed by atoms with E-state index < -0.39 is 11.9 Å². The Kier molecular flexibility index (Phi) is 6.25. The Balaban J connectivity index is 1.64. The summed E-state index contributed by atoms with van der Waals surface area (Å²) in [5.74, 6) is -0.129. The molecule has 0 saturated carbocycles. The fourth-order valence-corrected chi connectivity index (χ4v) is 4.41. The molecule has 2 heterocycles. The Bertz CT molecular complexity index is 1050. The largest absolute Gasteiger partial charge is 0.386 e. The van der Waals surface area contributed by atoms with E-state index in [1.165, 1.54) is 27.3 Å². The number of thioether (sulfide) groups is 1. The van der Waals surface area contributed by atoms with Gasteiger partial charge in [0.15, 0.2) is 5.16 Å². The third kappa shape index (κ3) is 4.51. The highest BCUT2D eigenvalue weighted by molar-refractivity contribution is 7.99. The highest BCUT2D eigenvalue weighted by Crippen LogP contribution is 2.23. The molecular weight excluding hydrogens is 393 g/mol. The van der Waals surface area contributed by atoms with Gasteiger partial charge in [-0.1, -0.05) is 36.0 Å². The summed E-state index contributed by atoms with van der Waals surface area (Å²) in [6, 6.07) is 13.2. The molecule has 3 aromatic rings. The third-order valence-electron chi connectivity index (χ3n) is 4.97. The molecule has 6 nitrogen and oxygen atoms in total. The quantitative estimate of drug-likeness (QED) is 0.462. The standard InChI is InChI=1S/C21H22FN3O3S/c22-17-6-2-4-8-19(17)25-20(27)16-5-1-3-7-18(16)23-21(25)29-14-15(26)13-24-9-11-28-12-10-24/h1-8,15,26H,9-14H2/p+1/t15-/m1/s1. The first kappa shape index (κ1) is 20.0. The van der Waals surface area contributed by atoms with Crippen LogP contribution in [0.2, 0.25) is 0 Å². The first-order valence-electron chi connectivity index (χ1n) is 9.62. The predicted octanol–water partition coefficient (Wildman–Crippen LogP) is 0.893. The maximum Gasteiger partial charge on any atom is 0.266 e. The van der Waals surface area contributed by atoms with Gasteiger partial charge in [-0.15, -0.1) is 0 Å². The number of nitrogens with zero attached hydrogens (tertiary/aromatic N) is 2. The van der Waals surface area contributed by atoms with E-state index in [9.17, 15) is 14.3 Å². The van der Waals surface area contributed by atoms with E-state index in [4.69, 9.17) is 4.74 Å². The van der Waals surface area contributed by atoms with Crippen LogP contribution in [0.1, 0.15) is 0 Å². The average molecular weight is 416 g/mol. The van der Waals surface area contributed by atoms with Crippen molar-refractivity contribution in [2.45, 2.75) is 11.3 Å². The summed E-state index contributed by atoms with van der Waals surface area (Å²) in [6.07, 6.45) is -0.564. The first-order valence-corrected chi connectivity index (χ1v) is 10.6. The average Bonchev–Trinajstić information content (AvgIpc) is 2.74. The molecule has 0 aliphatic carbocycles. The molecule has 1 aliphatic heterocycles. The predicted molar refractivity (Wildman–Crippen MR) is 110 cm³/mol. The summed E-state index contributed by atoms with van der Waals surface area (Å²) in [6.45, 7) is 3.75. The van der Waals surface area contributed by atoms with E-state index in [1.54, 1.807) is 36.4 Å². The van der Waals surface area contributed by atoms with Crippen LogP contribution in [0.15, 0.2) is 58.5 Å². The maximum atomic E-state index is 14.5. The van der Waals surface area contributed by atoms with Crippen LogP contribution in [-0.2, 0) is 4.74 Å². The lowest BCUT2D eigenvalue weighted by atomic mass is 10.2. The van der Waals surface area contributed by atoms with Crippen LogP contribution < -0.4 is 10.5 Å². The van der Waals surface area contributed by atoms with Gasteiger partial charge in [-0.2, -0.15) is 0 Å². The fourth-order valence-electron chi connectivity index (χ4n) is 3.48. The second kappa shape index (κ2) is 9.04. The van der Waals surface area contributed by atoms with E-state index >= 15 is 0 Å². The molecule has 1 saturated heterocycles. The number of para-hydroxylation sites is 2. The SMILES string of the molecule is O=c1c2ccccc2nc(SC[C@H](O)C[NH+]2CCOCC2)n1-c1ccccc1F. The minimum absolute atomic E-state index is 0.159. The summed E-state index contributed by atoms with van der Waals surface area (Å²) in [7, 11) is 0. The van der Waals surface area contributed by atoms with Crippen molar-refractivity contribution < 1.29 is 19.1 Å². The molecule has 1 aromatic heterocycles. The lowest BCUT2D eigenvalue weighted by Gasteiger charge is -2.25. The molecule has 1 aliphatic rings. The van der Waals surface area contributed by atoms with Crippen molar-refractivity contribution in [1.29, 1.82) is 0 Å². The van der Waals surface area contributed by atoms with Crippen molar-refractivity contribution in [3.63, 3.8) is 0 Å². The van der Waals surface area contributed by atoms with Crippen LogP contribution in [0.25, 0.3) is 16.6 Å². The van der Waals surface area contributed by atoms with Crippen LogP contribution >= 0.6 is 11.8 Å². The van der Waals surface area contributed by atoms with E-state index in [0.29, 0.717) is 41.6 Å². The lowest BCUT2D eigenvalue weighted by molar-refractivity contribution is -0.910. The van der Waals surface area contributed by atoms with E-state index in [-0.39, 0.29) is 11.2 Å². The molecule has 152 valence electrons. The van der Waals surface area contributed by atoms with Gasteiger partial charge in [0.25, 0.3) is 5.56 Å². The zero-order chi connectivity index (χ0) is 20.2. The molecule has 1 atom stereocenters. The van der Waals surface area contributed by atoms with Crippen molar-refractivity contribution in [2.24, 2.45) is 0 Å². The molecular formula is C21H23FN3O3S+. The normalized spacial score (nSPS) is 16.2. The number of nitrogens with one attached hydrogen (secondary N) is 1. The highest BCUT2D eigenvalue weighted by atomic mass is 32.2. The van der Waals surface area contributed by atoms with Gasteiger partial charge >= 0.3 is 0 Å². The van der Waals surface area contributed by atoms with Gasteiger partial charge in [0.05, 0.1) is 29.8 Å². The van der Waals surface area contributed by atoms with Crippen LogP contribution in [0.5, 0.6) is 0 Å². The topological polar surface area (TPSA) is 68.8 Å². The molecule has 0 spiro atoms. The highest BCUT2D eigenvalue weighted by Gasteiger charge is 2.21. The van der Waals surface area contributed by atoms with Crippen molar-refractivity contribution in [1.82, 2.24) is 9.55 Å². The number of ether oxygens (including phenoxy) is 1. The van der Waals surface area contributed by atoms with Crippen molar-refractivity contribution in [2.75, 3.05) is 38.6 Å². The number of aromatic nitrogens is 2. The van der Waals surface area contributed by atoms with Crippen LogP contribution in [0.4, 0.5) is 4.39 Å². The number of hydrogen-bond acceptors (Lipinski definition) is 5. The molecule has 29 heavy (non-hydrogen) atoms. The van der Waals surface area contributed by atoms with Gasteiger partial charge in [0.2, 0.25) is 0 Å². The number of quaternary nitrogens is 1. The number of hydrogen-bond donors (Lipinski definition) is 2. The van der Waals surface area contributed by atoms with Gasteiger partial charge in [-0.05, 0) is 24.3 Å². The fraction of sp³-hybridized carbons (Fsp3) is 0.333. The zero-order valence-electron chi connectivity index (χ0n) is 15.9. The molecule has 8 heteroatoms. The van der Waals surface area contributed by atoms with Crippen LogP contribution in [0.3, 0.4) is 0 Å². The van der Waals surface area contributed by atoms with Gasteiger partial charge in [0.1, 0.15) is 31.6 Å². The molecule has 1 fully saturated rings. The van der Waals surface area contributed by atoms with Gasteiger partial charge in [-0.25, -0.2) is 9.37 Å². The number of benzene rings is 2. The summed E-state index contributed by atoms with van der Waals surface area (Å²) in [5, 5.41) is 11.3. The number of aliphatic hydroxyl groups excluding tert-OH is 1. The van der Waals surface area contributed by atoms with Crippen molar-refractivity contribution in [3.8, 4) is 5.69 Å². The smallest absolute Gasteiger partial charge is 0.266 e. The van der Waals surface area contributed by atoms with Crippen molar-refractivity contribution >= 4 is 22.7 Å². The van der Waals surface area contributed by atoms with E-state index in [1.807, 2.05) is 6.07 Å². The van der Waals surface area contributed by atoms with Gasteiger partial charge < -0.3 is 14.7 Å². The number of fused-ring (bicyclic) bond motifs is 1. The number of halogens is 1. The molecule has 0 bridgehead atoms. The molecule has 2 aromatic carbocycles. The maximum absolute atomic E-state index is 14.5. The van der Waals surface area contributed by atoms with E-state index in [2.05, 4.69) is 4.98 Å². The molecule has 0 amide bonds. The Hall–Kier alpha value is -2.26. The number of morpholine rings is 1. The van der Waals surface area contributed by atoms with Gasteiger partial charge in [-0.3, -0.25) is 9.36 Å². The lowest BCUT2D eigenvalue weighted by Crippen LogP contribution is -3.15. The minimum Gasteiger partial charge on any atom is -0.386 e. The van der Waals surface area contributed by atoms with Crippen LogP contribution in [0, 0.1) is 5.82 Å². The Morgan fingerprint density at radius 1 is 1.17 bits per heavy atom. The first-order chi connectivity index (χ1) is 14.1. The minimum atomic E-state index is -0.564. The Morgan fingerprint density at radius 3 is 2.69 bits per heavy atom. The summed E-state index contributed by atoms with van der Waals surface area (Å²) >= 11 is 1.27. The van der Waals surface area contributed by atoms with Gasteiger partial charge in [0, 0.05) is 5.75 Å². The molecule has 0 radical (unpaired) electrons. The number of rotatable bonds is 6. The third-order valence-corrected chi connectivity index (χ3v) is 6.05. The Morgan fingerprint density at radius 2 is 1.90 bits per heavy atom. The summed E-state index contributed by atoms with van der Waals surface area (Å²) in [4.78, 5) is 19.0. The zero-order valence-corrected chi connectivity index (χ0v) is 16.7. The second-order valence-electron chi connectivity index (χ2n) is 7.03. The summed E-state index contributed by atoms with van der Waals surface area (Å²) in [5.41, 5.74) is 0.393. The van der Waals surface area contributed by atoms with Crippen LogP contribution in [-0.4, -0.2) is 59.4 Å².